The van der Waals surface area contributed by atoms with E-state index in [2.05, 4.69) is 5.32 Å². The van der Waals surface area contributed by atoms with Crippen molar-refractivity contribution in [2.45, 2.75) is 20.3 Å². The van der Waals surface area contributed by atoms with Gasteiger partial charge in [0.25, 0.3) is 0 Å². The number of ether oxygens (including phenoxy) is 1. The van der Waals surface area contributed by atoms with Crippen LogP contribution in [0.15, 0.2) is 12.1 Å². The average molecular weight is 268 g/mol. The Morgan fingerprint density at radius 3 is 2.68 bits per heavy atom. The van der Waals surface area contributed by atoms with Crippen molar-refractivity contribution in [2.24, 2.45) is 0 Å². The number of carbonyl (C=O) groups is 2. The van der Waals surface area contributed by atoms with Crippen LogP contribution in [-0.4, -0.2) is 25.0 Å². The predicted octanol–water partition coefficient (Wildman–Crippen LogP) is 1.40. The number of benzene rings is 1. The maximum absolute atomic E-state index is 13.4. The Morgan fingerprint density at radius 2 is 2.11 bits per heavy atom. The molecule has 0 atom stereocenters. The number of esters is 1. The smallest absolute Gasteiger partial charge is 0.338 e. The Morgan fingerprint density at radius 1 is 1.42 bits per heavy atom. The van der Waals surface area contributed by atoms with Crippen molar-refractivity contribution in [2.75, 3.05) is 18.9 Å². The lowest BCUT2D eigenvalue weighted by Crippen LogP contribution is -2.24. The van der Waals surface area contributed by atoms with Gasteiger partial charge in [0.2, 0.25) is 5.91 Å². The standard InChI is InChI=1S/C13H17FN2O3/c1-3-16-12(17)4-5-19-13(18)9-6-10(14)8(2)11(15)7-9/h6-7H,3-5,15H2,1-2H3,(H,16,17). The van der Waals surface area contributed by atoms with E-state index in [0.717, 1.165) is 6.07 Å². The third-order valence-electron chi connectivity index (χ3n) is 2.56. The molecule has 0 aliphatic rings. The zero-order valence-electron chi connectivity index (χ0n) is 11.0. The number of hydrogen-bond donors (Lipinski definition) is 2. The molecule has 0 saturated heterocycles. The number of amides is 1. The van der Waals surface area contributed by atoms with Gasteiger partial charge in [-0.2, -0.15) is 0 Å². The quantitative estimate of drug-likeness (QED) is 0.624. The van der Waals surface area contributed by atoms with Crippen LogP contribution in [0, 0.1) is 12.7 Å². The Labute approximate surface area is 110 Å². The van der Waals surface area contributed by atoms with E-state index in [0.29, 0.717) is 12.1 Å². The fraction of sp³-hybridized carbons (Fsp3) is 0.385. The number of hydrogen-bond acceptors (Lipinski definition) is 4. The normalized spacial score (nSPS) is 10.1. The van der Waals surface area contributed by atoms with Gasteiger partial charge in [-0.3, -0.25) is 4.79 Å². The van der Waals surface area contributed by atoms with Gasteiger partial charge in [-0.15, -0.1) is 0 Å². The molecule has 0 saturated carbocycles. The minimum atomic E-state index is -0.699. The monoisotopic (exact) mass is 268 g/mol. The summed E-state index contributed by atoms with van der Waals surface area (Å²) in [6, 6.07) is 2.42. The third-order valence-corrected chi connectivity index (χ3v) is 2.56. The molecule has 1 rings (SSSR count). The molecule has 3 N–H and O–H groups in total. The molecule has 1 aromatic rings. The molecule has 1 amide bonds. The zero-order valence-corrected chi connectivity index (χ0v) is 11.0. The summed E-state index contributed by atoms with van der Waals surface area (Å²) in [6.07, 6.45) is 0.0728. The molecule has 0 aliphatic carbocycles. The second-order valence-electron chi connectivity index (χ2n) is 4.01. The summed E-state index contributed by atoms with van der Waals surface area (Å²) in [4.78, 5) is 22.8. The lowest BCUT2D eigenvalue weighted by atomic mass is 10.1. The number of rotatable bonds is 5. The van der Waals surface area contributed by atoms with Crippen LogP contribution in [0.3, 0.4) is 0 Å². The molecule has 6 heteroatoms. The van der Waals surface area contributed by atoms with Crippen molar-refractivity contribution in [1.29, 1.82) is 0 Å². The maximum Gasteiger partial charge on any atom is 0.338 e. The molecule has 1 aromatic carbocycles. The van der Waals surface area contributed by atoms with Crippen molar-refractivity contribution < 1.29 is 18.7 Å². The minimum Gasteiger partial charge on any atom is -0.462 e. The van der Waals surface area contributed by atoms with E-state index in [4.69, 9.17) is 10.5 Å². The summed E-state index contributed by atoms with van der Waals surface area (Å²) >= 11 is 0. The summed E-state index contributed by atoms with van der Waals surface area (Å²) in [5, 5.41) is 2.57. The third kappa shape index (κ3) is 4.24. The van der Waals surface area contributed by atoms with Gasteiger partial charge < -0.3 is 15.8 Å². The molecule has 0 aromatic heterocycles. The molecule has 0 spiro atoms. The van der Waals surface area contributed by atoms with Gasteiger partial charge in [-0.25, -0.2) is 9.18 Å². The Bertz CT molecular complexity index is 466. The number of nitrogens with one attached hydrogen (secondary N) is 1. The fourth-order valence-electron chi connectivity index (χ4n) is 1.42. The Hall–Kier alpha value is -2.11. The highest BCUT2D eigenvalue weighted by atomic mass is 19.1. The van der Waals surface area contributed by atoms with Crippen LogP contribution in [0.25, 0.3) is 0 Å². The van der Waals surface area contributed by atoms with Gasteiger partial charge in [0.05, 0.1) is 12.0 Å². The SMILES string of the molecule is CCNC(=O)CCOC(=O)c1cc(N)c(C)c(F)c1. The maximum atomic E-state index is 13.4. The van der Waals surface area contributed by atoms with Crippen LogP contribution in [0.2, 0.25) is 0 Å². The topological polar surface area (TPSA) is 81.4 Å². The fourth-order valence-corrected chi connectivity index (χ4v) is 1.42. The van der Waals surface area contributed by atoms with E-state index in [1.165, 1.54) is 13.0 Å². The molecular weight excluding hydrogens is 251 g/mol. The first-order valence-electron chi connectivity index (χ1n) is 5.95. The molecule has 0 heterocycles. The van der Waals surface area contributed by atoms with Crippen LogP contribution in [0.5, 0.6) is 0 Å². The summed E-state index contributed by atoms with van der Waals surface area (Å²) in [5.41, 5.74) is 6.08. The van der Waals surface area contributed by atoms with Gasteiger partial charge >= 0.3 is 5.97 Å². The first-order valence-corrected chi connectivity index (χ1v) is 5.95. The number of halogens is 1. The number of nitrogen functional groups attached to an aromatic ring is 1. The first kappa shape index (κ1) is 14.9. The van der Waals surface area contributed by atoms with Crippen molar-refractivity contribution in [1.82, 2.24) is 5.32 Å². The van der Waals surface area contributed by atoms with Crippen LogP contribution in [0.1, 0.15) is 29.3 Å². The highest BCUT2D eigenvalue weighted by Gasteiger charge is 2.12. The van der Waals surface area contributed by atoms with E-state index in [1.807, 2.05) is 0 Å². The molecule has 0 radical (unpaired) electrons. The lowest BCUT2D eigenvalue weighted by Gasteiger charge is -2.07. The van der Waals surface area contributed by atoms with E-state index >= 15 is 0 Å². The van der Waals surface area contributed by atoms with Crippen LogP contribution >= 0.6 is 0 Å². The van der Waals surface area contributed by atoms with Gasteiger partial charge in [0, 0.05) is 17.8 Å². The van der Waals surface area contributed by atoms with Gasteiger partial charge in [0.15, 0.2) is 0 Å². The van der Waals surface area contributed by atoms with E-state index < -0.39 is 11.8 Å². The van der Waals surface area contributed by atoms with Crippen LogP contribution < -0.4 is 11.1 Å². The molecule has 104 valence electrons. The van der Waals surface area contributed by atoms with Crippen LogP contribution in [-0.2, 0) is 9.53 Å². The molecule has 0 aliphatic heterocycles. The number of carbonyl (C=O) groups excluding carboxylic acids is 2. The zero-order chi connectivity index (χ0) is 14.4. The molecule has 0 bridgehead atoms. The number of anilines is 1. The van der Waals surface area contributed by atoms with Crippen molar-refractivity contribution in [3.05, 3.63) is 29.1 Å². The highest BCUT2D eigenvalue weighted by Crippen LogP contribution is 2.18. The second kappa shape index (κ2) is 6.72. The largest absolute Gasteiger partial charge is 0.462 e. The highest BCUT2D eigenvalue weighted by molar-refractivity contribution is 5.91. The molecule has 0 fully saturated rings. The number of nitrogens with two attached hydrogens (primary N) is 1. The Kier molecular flexibility index (Phi) is 5.29. The van der Waals surface area contributed by atoms with Crippen molar-refractivity contribution in [3.8, 4) is 0 Å². The van der Waals surface area contributed by atoms with Crippen molar-refractivity contribution in [3.63, 3.8) is 0 Å². The van der Waals surface area contributed by atoms with Crippen LogP contribution in [0.4, 0.5) is 10.1 Å². The van der Waals surface area contributed by atoms with E-state index in [1.54, 1.807) is 6.92 Å². The average Bonchev–Trinajstić information content (AvgIpc) is 2.35. The first-order chi connectivity index (χ1) is 8.95. The molecular formula is C13H17FN2O3. The van der Waals surface area contributed by atoms with Gasteiger partial charge in [0.1, 0.15) is 12.4 Å². The Balaban J connectivity index is 2.57. The molecule has 19 heavy (non-hydrogen) atoms. The molecule has 5 nitrogen and oxygen atoms in total. The summed E-state index contributed by atoms with van der Waals surface area (Å²) in [6.45, 7) is 3.78. The van der Waals surface area contributed by atoms with Crippen molar-refractivity contribution >= 4 is 17.6 Å². The lowest BCUT2D eigenvalue weighted by molar-refractivity contribution is -0.121. The summed E-state index contributed by atoms with van der Waals surface area (Å²) in [7, 11) is 0. The predicted molar refractivity (Wildman–Crippen MR) is 69.1 cm³/mol. The second-order valence-corrected chi connectivity index (χ2v) is 4.01. The minimum absolute atomic E-state index is 0.0384. The summed E-state index contributed by atoms with van der Waals surface area (Å²) in [5.74, 6) is -1.46. The van der Waals surface area contributed by atoms with E-state index in [9.17, 15) is 14.0 Å². The molecule has 0 unspecified atom stereocenters. The summed E-state index contributed by atoms with van der Waals surface area (Å²) < 4.78 is 18.3. The van der Waals surface area contributed by atoms with Gasteiger partial charge in [-0.05, 0) is 26.0 Å². The van der Waals surface area contributed by atoms with Gasteiger partial charge in [-0.1, -0.05) is 0 Å². The van der Waals surface area contributed by atoms with E-state index in [-0.39, 0.29) is 30.2 Å².